The first-order chi connectivity index (χ1) is 18.9. The molecule has 1 aliphatic heterocycles. The van der Waals surface area contributed by atoms with E-state index in [2.05, 4.69) is 15.3 Å². The quantitative estimate of drug-likeness (QED) is 0.148. The van der Waals surface area contributed by atoms with Crippen molar-refractivity contribution in [3.63, 3.8) is 0 Å². The predicted molar refractivity (Wildman–Crippen MR) is 149 cm³/mol. The minimum Gasteiger partial charge on any atom is -0.494 e. The number of benzene rings is 3. The highest BCUT2D eigenvalue weighted by Crippen LogP contribution is 2.34. The number of carbonyl (C=O) groups is 1. The molecule has 0 saturated heterocycles. The Balaban J connectivity index is 1.65. The second-order valence-electron chi connectivity index (χ2n) is 9.56. The van der Waals surface area contributed by atoms with Gasteiger partial charge in [-0.1, -0.05) is 59.2 Å². The van der Waals surface area contributed by atoms with E-state index in [1.54, 1.807) is 0 Å². The van der Waals surface area contributed by atoms with Gasteiger partial charge in [-0.15, -0.1) is 0 Å². The molecule has 1 aliphatic rings. The van der Waals surface area contributed by atoms with Crippen LogP contribution in [0.4, 0.5) is 0 Å². The second kappa shape index (κ2) is 13.0. The zero-order valence-electron chi connectivity index (χ0n) is 22.2. The number of aryl methyl sites for hydroxylation is 1. The predicted octanol–water partition coefficient (Wildman–Crippen LogP) is 5.03. The van der Waals surface area contributed by atoms with Gasteiger partial charge in [0.2, 0.25) is 5.90 Å². The van der Waals surface area contributed by atoms with E-state index in [9.17, 15) is 4.79 Å². The Kier molecular flexibility index (Phi) is 9.20. The first-order valence-electron chi connectivity index (χ1n) is 13.0. The molecule has 0 aromatic heterocycles. The zero-order valence-corrected chi connectivity index (χ0v) is 22.2. The van der Waals surface area contributed by atoms with Crippen molar-refractivity contribution in [1.29, 1.82) is 0 Å². The lowest BCUT2D eigenvalue weighted by Crippen LogP contribution is -2.52. The van der Waals surface area contributed by atoms with Crippen LogP contribution in [-0.4, -0.2) is 41.8 Å². The van der Waals surface area contributed by atoms with Gasteiger partial charge in [0, 0.05) is 36.5 Å². The van der Waals surface area contributed by atoms with Gasteiger partial charge in [-0.05, 0) is 60.3 Å². The Hall–Kier alpha value is -4.33. The molecule has 202 valence electrons. The third kappa shape index (κ3) is 6.76. The fourth-order valence-corrected chi connectivity index (χ4v) is 4.58. The highest BCUT2D eigenvalue weighted by Gasteiger charge is 2.50. The number of carbonyl (C=O) groups excluding carboxylic acids is 1. The Morgan fingerprint density at radius 1 is 1.15 bits per heavy atom. The number of ether oxygens (including phenoxy) is 2. The minimum absolute atomic E-state index is 0.0701. The minimum atomic E-state index is -1.23. The van der Waals surface area contributed by atoms with E-state index in [4.69, 9.17) is 25.1 Å². The summed E-state index contributed by atoms with van der Waals surface area (Å²) in [5, 5.41) is 15.8. The largest absolute Gasteiger partial charge is 0.494 e. The second-order valence-corrected chi connectivity index (χ2v) is 9.56. The number of nitrogens with zero attached hydrogens (tertiary/aromatic N) is 4. The molecule has 0 unspecified atom stereocenters. The highest BCUT2D eigenvalue weighted by atomic mass is 16.5. The summed E-state index contributed by atoms with van der Waals surface area (Å²) in [5.41, 5.74) is 12.2. The molecule has 2 atom stereocenters. The number of aliphatic imine (C=N–C) groups is 1. The molecular formula is C30H33N5O4. The van der Waals surface area contributed by atoms with E-state index in [0.29, 0.717) is 31.2 Å². The van der Waals surface area contributed by atoms with Crippen LogP contribution in [0.3, 0.4) is 0 Å². The Labute approximate surface area is 228 Å². The van der Waals surface area contributed by atoms with Crippen molar-refractivity contribution < 1.29 is 19.4 Å². The van der Waals surface area contributed by atoms with Crippen LogP contribution < -0.4 is 10.1 Å². The molecule has 4 rings (SSSR count). The van der Waals surface area contributed by atoms with Crippen molar-refractivity contribution in [2.45, 2.75) is 51.4 Å². The summed E-state index contributed by atoms with van der Waals surface area (Å²) < 4.78 is 11.9. The molecule has 2 N–H and O–H groups in total. The number of hydrogen-bond donors (Lipinski definition) is 2. The van der Waals surface area contributed by atoms with E-state index >= 15 is 0 Å². The average molecular weight is 528 g/mol. The molecule has 9 nitrogen and oxygen atoms in total. The van der Waals surface area contributed by atoms with Gasteiger partial charge in [-0.2, -0.15) is 0 Å². The van der Waals surface area contributed by atoms with Crippen LogP contribution >= 0.6 is 0 Å². The van der Waals surface area contributed by atoms with E-state index in [0.717, 1.165) is 27.8 Å². The van der Waals surface area contributed by atoms with Crippen LogP contribution in [0.2, 0.25) is 0 Å². The van der Waals surface area contributed by atoms with E-state index in [-0.39, 0.29) is 25.5 Å². The van der Waals surface area contributed by atoms with Crippen molar-refractivity contribution in [2.24, 2.45) is 10.1 Å². The van der Waals surface area contributed by atoms with Crippen LogP contribution in [0.5, 0.6) is 5.75 Å². The molecule has 0 saturated carbocycles. The Bertz CT molecular complexity index is 1370. The standard InChI is InChI=1S/C30H33N5O4/c1-21-7-5-8-23(17-21)19-32-29(37)30(18-25-9-3-4-10-26(25)20-33-35-31)22(2)39-28(34-30)24-11-13-27(14-12-24)38-16-6-15-36/h3-5,7-14,17,22,36H,6,15-16,18-20H2,1-2H3,(H,32,37)/t22-,30-/m1/s1. The molecule has 0 spiro atoms. The molecule has 9 heteroatoms. The van der Waals surface area contributed by atoms with Crippen LogP contribution in [-0.2, 0) is 29.0 Å². The maximum atomic E-state index is 13.9. The summed E-state index contributed by atoms with van der Waals surface area (Å²) in [5.74, 6) is 0.810. The maximum absolute atomic E-state index is 13.9. The fourth-order valence-electron chi connectivity index (χ4n) is 4.58. The molecule has 3 aromatic rings. The highest BCUT2D eigenvalue weighted by molar-refractivity contribution is 6.01. The number of nitrogens with one attached hydrogen (secondary N) is 1. The van der Waals surface area contributed by atoms with Crippen molar-refractivity contribution in [1.82, 2.24) is 5.32 Å². The summed E-state index contributed by atoms with van der Waals surface area (Å²) in [6, 6.07) is 22.9. The molecular weight excluding hydrogens is 494 g/mol. The molecule has 3 aromatic carbocycles. The SMILES string of the molecule is Cc1cccc(CNC(=O)[C@]2(Cc3ccccc3CN=[N+]=[N-])N=C(c3ccc(OCCCO)cc3)O[C@@H]2C)c1. The lowest BCUT2D eigenvalue weighted by Gasteiger charge is -2.29. The Morgan fingerprint density at radius 3 is 2.64 bits per heavy atom. The summed E-state index contributed by atoms with van der Waals surface area (Å²) >= 11 is 0. The van der Waals surface area contributed by atoms with Gasteiger partial charge in [0.05, 0.1) is 13.2 Å². The topological polar surface area (TPSA) is 129 Å². The number of aliphatic hydroxyl groups is 1. The third-order valence-corrected chi connectivity index (χ3v) is 6.75. The van der Waals surface area contributed by atoms with Crippen molar-refractivity contribution in [2.75, 3.05) is 13.2 Å². The summed E-state index contributed by atoms with van der Waals surface area (Å²) in [4.78, 5) is 21.7. The van der Waals surface area contributed by atoms with Gasteiger partial charge in [0.15, 0.2) is 5.54 Å². The third-order valence-electron chi connectivity index (χ3n) is 6.75. The van der Waals surface area contributed by atoms with E-state index in [1.807, 2.05) is 86.6 Å². The Morgan fingerprint density at radius 2 is 1.92 bits per heavy atom. The van der Waals surface area contributed by atoms with Crippen LogP contribution in [0.25, 0.3) is 10.4 Å². The van der Waals surface area contributed by atoms with Crippen molar-refractivity contribution >= 4 is 11.8 Å². The molecule has 1 amide bonds. The van der Waals surface area contributed by atoms with Crippen molar-refractivity contribution in [3.8, 4) is 5.75 Å². The van der Waals surface area contributed by atoms with Crippen LogP contribution in [0.1, 0.15) is 41.2 Å². The molecule has 1 heterocycles. The molecule has 0 fully saturated rings. The fraction of sp³-hybridized carbons (Fsp3) is 0.333. The van der Waals surface area contributed by atoms with Crippen molar-refractivity contribution in [3.05, 3.63) is 111 Å². The van der Waals surface area contributed by atoms with Gasteiger partial charge in [-0.25, -0.2) is 4.99 Å². The normalized spacial score (nSPS) is 18.0. The molecule has 0 radical (unpaired) electrons. The summed E-state index contributed by atoms with van der Waals surface area (Å²) in [6.07, 6.45) is 0.269. The number of aliphatic hydroxyl groups excluding tert-OH is 1. The average Bonchev–Trinajstić information content (AvgIpc) is 3.28. The lowest BCUT2D eigenvalue weighted by molar-refractivity contribution is -0.128. The zero-order chi connectivity index (χ0) is 27.7. The van der Waals surface area contributed by atoms with Gasteiger partial charge < -0.3 is 19.9 Å². The molecule has 39 heavy (non-hydrogen) atoms. The first kappa shape index (κ1) is 27.7. The van der Waals surface area contributed by atoms with Crippen LogP contribution in [0.15, 0.2) is 82.9 Å². The van der Waals surface area contributed by atoms with Gasteiger partial charge in [0.25, 0.3) is 5.91 Å². The summed E-state index contributed by atoms with van der Waals surface area (Å²) in [6.45, 7) is 4.90. The number of azide groups is 1. The lowest BCUT2D eigenvalue weighted by atomic mass is 9.84. The van der Waals surface area contributed by atoms with Gasteiger partial charge in [-0.3, -0.25) is 4.79 Å². The van der Waals surface area contributed by atoms with E-state index < -0.39 is 11.6 Å². The molecule has 0 aliphatic carbocycles. The number of rotatable bonds is 12. The smallest absolute Gasteiger partial charge is 0.252 e. The first-order valence-corrected chi connectivity index (χ1v) is 13.0. The number of hydrogen-bond acceptors (Lipinski definition) is 6. The van der Waals surface area contributed by atoms with E-state index in [1.165, 1.54) is 0 Å². The molecule has 0 bridgehead atoms. The van der Waals surface area contributed by atoms with Gasteiger partial charge >= 0.3 is 0 Å². The van der Waals surface area contributed by atoms with Crippen LogP contribution in [0, 0.1) is 6.92 Å². The number of amides is 1. The summed E-state index contributed by atoms with van der Waals surface area (Å²) in [7, 11) is 0. The monoisotopic (exact) mass is 527 g/mol. The van der Waals surface area contributed by atoms with Gasteiger partial charge in [0.1, 0.15) is 11.9 Å². The maximum Gasteiger partial charge on any atom is 0.252 e.